The highest BCUT2D eigenvalue weighted by Gasteiger charge is 2.54. The Morgan fingerprint density at radius 1 is 1.27 bits per heavy atom. The first-order valence-electron chi connectivity index (χ1n) is 9.47. The van der Waals surface area contributed by atoms with Crippen molar-refractivity contribution in [2.75, 3.05) is 32.2 Å². The molecular weight excluding hydrogens is 326 g/mol. The number of rotatable bonds is 4. The smallest absolute Gasteiger partial charge is 0.302 e. The number of hydrogen-bond acceptors (Lipinski definition) is 4. The van der Waals surface area contributed by atoms with Gasteiger partial charge < -0.3 is 14.4 Å². The molecule has 1 heterocycles. The van der Waals surface area contributed by atoms with E-state index in [0.29, 0.717) is 31.0 Å². The zero-order valence-electron chi connectivity index (χ0n) is 16.8. The highest BCUT2D eigenvalue weighted by Crippen LogP contribution is 2.56. The molecule has 2 aliphatic rings. The van der Waals surface area contributed by atoms with Crippen LogP contribution in [0.3, 0.4) is 0 Å². The van der Waals surface area contributed by atoms with Gasteiger partial charge >= 0.3 is 5.97 Å². The van der Waals surface area contributed by atoms with Gasteiger partial charge in [0.2, 0.25) is 0 Å². The lowest BCUT2D eigenvalue weighted by molar-refractivity contribution is -0.180. The summed E-state index contributed by atoms with van der Waals surface area (Å²) in [5, 5.41) is 0. The number of hydrogen-bond donors (Lipinski definition) is 0. The predicted molar refractivity (Wildman–Crippen MR) is 104 cm³/mol. The molecule has 0 radical (unpaired) electrons. The zero-order chi connectivity index (χ0) is 19.1. The van der Waals surface area contributed by atoms with Crippen LogP contribution in [0.15, 0.2) is 35.9 Å². The van der Waals surface area contributed by atoms with Crippen LogP contribution in [0.5, 0.6) is 0 Å². The predicted octanol–water partition coefficient (Wildman–Crippen LogP) is 4.22. The van der Waals surface area contributed by atoms with Gasteiger partial charge in [0, 0.05) is 38.0 Å². The maximum atomic E-state index is 11.4. The van der Waals surface area contributed by atoms with E-state index in [1.807, 2.05) is 14.1 Å². The average Bonchev–Trinajstić information content (AvgIpc) is 2.59. The van der Waals surface area contributed by atoms with E-state index in [1.54, 1.807) is 0 Å². The SMILES string of the molecule is CC(=O)OC[C@@]12CO[C@@H](c3ccc(N(C)C)cc3)[C@@H](C(C)=C[C@@H]1C)[C@@H]2C. The number of benzene rings is 1. The van der Waals surface area contributed by atoms with Crippen molar-refractivity contribution in [3.8, 4) is 0 Å². The van der Waals surface area contributed by atoms with Gasteiger partial charge in [-0.05, 0) is 36.5 Å². The van der Waals surface area contributed by atoms with Gasteiger partial charge in [0.1, 0.15) is 0 Å². The average molecular weight is 357 g/mol. The summed E-state index contributed by atoms with van der Waals surface area (Å²) in [5.41, 5.74) is 3.64. The van der Waals surface area contributed by atoms with E-state index in [2.05, 4.69) is 56.0 Å². The van der Waals surface area contributed by atoms with Crippen LogP contribution in [0.2, 0.25) is 0 Å². The summed E-state index contributed by atoms with van der Waals surface area (Å²) in [7, 11) is 4.10. The second-order valence-electron chi connectivity index (χ2n) is 8.24. The lowest BCUT2D eigenvalue weighted by Crippen LogP contribution is -2.54. The number of anilines is 1. The molecule has 0 saturated carbocycles. The summed E-state index contributed by atoms with van der Waals surface area (Å²) >= 11 is 0. The number of nitrogens with zero attached hydrogens (tertiary/aromatic N) is 1. The van der Waals surface area contributed by atoms with Crippen molar-refractivity contribution < 1.29 is 14.3 Å². The Hall–Kier alpha value is -1.81. The third-order valence-corrected chi connectivity index (χ3v) is 6.53. The van der Waals surface area contributed by atoms with Crippen LogP contribution in [0, 0.1) is 23.2 Å². The zero-order valence-corrected chi connectivity index (χ0v) is 16.8. The van der Waals surface area contributed by atoms with Crippen LogP contribution in [-0.2, 0) is 14.3 Å². The molecule has 0 unspecified atom stereocenters. The van der Waals surface area contributed by atoms with Crippen LogP contribution in [0.4, 0.5) is 5.69 Å². The Kier molecular flexibility index (Phi) is 5.16. The number of carbonyl (C=O) groups is 1. The lowest BCUT2D eigenvalue weighted by atomic mass is 9.56. The molecule has 1 aliphatic heterocycles. The van der Waals surface area contributed by atoms with Gasteiger partial charge in [0.15, 0.2) is 0 Å². The maximum absolute atomic E-state index is 11.4. The van der Waals surface area contributed by atoms with Crippen molar-refractivity contribution in [2.24, 2.45) is 23.2 Å². The first-order chi connectivity index (χ1) is 12.3. The van der Waals surface area contributed by atoms with E-state index in [9.17, 15) is 4.79 Å². The number of carbonyl (C=O) groups excluding carboxylic acids is 1. The van der Waals surface area contributed by atoms with Crippen LogP contribution >= 0.6 is 0 Å². The van der Waals surface area contributed by atoms with Crippen LogP contribution in [-0.4, -0.2) is 33.3 Å². The molecule has 0 amide bonds. The third-order valence-electron chi connectivity index (χ3n) is 6.53. The number of fused-ring (bicyclic) bond motifs is 2. The van der Waals surface area contributed by atoms with E-state index in [-0.39, 0.29) is 17.5 Å². The highest BCUT2D eigenvalue weighted by molar-refractivity contribution is 5.66. The summed E-state index contributed by atoms with van der Waals surface area (Å²) in [6, 6.07) is 8.65. The molecule has 0 aromatic heterocycles. The van der Waals surface area contributed by atoms with Crippen molar-refractivity contribution in [2.45, 2.75) is 33.8 Å². The number of esters is 1. The molecule has 1 aromatic rings. The fraction of sp³-hybridized carbons (Fsp3) is 0.591. The van der Waals surface area contributed by atoms with Crippen LogP contribution in [0.25, 0.3) is 0 Å². The summed E-state index contributed by atoms with van der Waals surface area (Å²) in [5.74, 6) is 0.794. The monoisotopic (exact) mass is 357 g/mol. The first kappa shape index (κ1) is 19.0. The molecule has 4 heteroatoms. The molecule has 26 heavy (non-hydrogen) atoms. The molecule has 0 spiro atoms. The molecule has 4 nitrogen and oxygen atoms in total. The standard InChI is InChI=1S/C22H31NO3/c1-14-11-15(2)22(12-25-17(4)24)13-26-21(20(14)16(22)3)18-7-9-19(10-8-18)23(5)6/h7-11,15-16,20-21H,12-13H2,1-6H3/t15-,16-,20-,21-,22+/m0/s1. The molecule has 0 N–H and O–H groups in total. The normalized spacial score (nSPS) is 33.4. The van der Waals surface area contributed by atoms with Crippen molar-refractivity contribution in [3.05, 3.63) is 41.5 Å². The van der Waals surface area contributed by atoms with Gasteiger partial charge in [-0.15, -0.1) is 0 Å². The lowest BCUT2D eigenvalue weighted by Gasteiger charge is -2.55. The van der Waals surface area contributed by atoms with Gasteiger partial charge in [0.25, 0.3) is 0 Å². The van der Waals surface area contributed by atoms with Gasteiger partial charge in [-0.3, -0.25) is 4.79 Å². The Balaban J connectivity index is 1.91. The second kappa shape index (κ2) is 7.07. The van der Waals surface area contributed by atoms with E-state index in [1.165, 1.54) is 23.7 Å². The Morgan fingerprint density at radius 3 is 2.50 bits per heavy atom. The fourth-order valence-electron chi connectivity index (χ4n) is 4.76. The molecular formula is C22H31NO3. The molecule has 2 bridgehead atoms. The molecule has 1 fully saturated rings. The maximum Gasteiger partial charge on any atom is 0.302 e. The second-order valence-corrected chi connectivity index (χ2v) is 8.24. The summed E-state index contributed by atoms with van der Waals surface area (Å²) in [4.78, 5) is 13.5. The van der Waals surface area contributed by atoms with Gasteiger partial charge in [-0.25, -0.2) is 0 Å². The van der Waals surface area contributed by atoms with Crippen molar-refractivity contribution in [1.82, 2.24) is 0 Å². The van der Waals surface area contributed by atoms with Gasteiger partial charge in [0.05, 0.1) is 19.3 Å². The largest absolute Gasteiger partial charge is 0.465 e. The van der Waals surface area contributed by atoms with E-state index < -0.39 is 0 Å². The van der Waals surface area contributed by atoms with Crippen molar-refractivity contribution in [3.63, 3.8) is 0 Å². The van der Waals surface area contributed by atoms with E-state index in [0.717, 1.165) is 0 Å². The summed E-state index contributed by atoms with van der Waals surface area (Å²) in [6.07, 6.45) is 2.41. The third kappa shape index (κ3) is 3.16. The number of ether oxygens (including phenoxy) is 2. The van der Waals surface area contributed by atoms with Gasteiger partial charge in [-0.1, -0.05) is 37.6 Å². The topological polar surface area (TPSA) is 38.8 Å². The van der Waals surface area contributed by atoms with E-state index in [4.69, 9.17) is 9.47 Å². The Bertz CT molecular complexity index is 694. The minimum absolute atomic E-state index is 0.0513. The minimum atomic E-state index is -0.219. The Labute approximate surface area is 157 Å². The Morgan fingerprint density at radius 2 is 1.92 bits per heavy atom. The molecule has 1 saturated heterocycles. The highest BCUT2D eigenvalue weighted by atomic mass is 16.5. The molecule has 142 valence electrons. The quantitative estimate of drug-likeness (QED) is 0.597. The van der Waals surface area contributed by atoms with Crippen LogP contribution < -0.4 is 4.90 Å². The summed E-state index contributed by atoms with van der Waals surface area (Å²) < 4.78 is 11.9. The van der Waals surface area contributed by atoms with Crippen LogP contribution in [0.1, 0.15) is 39.4 Å². The molecule has 3 rings (SSSR count). The van der Waals surface area contributed by atoms with Crippen molar-refractivity contribution >= 4 is 11.7 Å². The molecule has 5 atom stereocenters. The molecule has 1 aromatic carbocycles. The van der Waals surface area contributed by atoms with Gasteiger partial charge in [-0.2, -0.15) is 0 Å². The minimum Gasteiger partial charge on any atom is -0.465 e. The van der Waals surface area contributed by atoms with E-state index >= 15 is 0 Å². The number of allylic oxidation sites excluding steroid dienone is 1. The first-order valence-corrected chi connectivity index (χ1v) is 9.47. The fourth-order valence-corrected chi connectivity index (χ4v) is 4.76. The summed E-state index contributed by atoms with van der Waals surface area (Å²) in [6.45, 7) is 9.25. The van der Waals surface area contributed by atoms with Crippen molar-refractivity contribution in [1.29, 1.82) is 0 Å². The molecule has 1 aliphatic carbocycles.